The fourth-order valence-corrected chi connectivity index (χ4v) is 2.44. The van der Waals surface area contributed by atoms with Crippen LogP contribution in [0.25, 0.3) is 0 Å². The minimum atomic E-state index is -0.127. The molecule has 16 heavy (non-hydrogen) atoms. The Bertz CT molecular complexity index is 363. The quantitative estimate of drug-likeness (QED) is 0.861. The zero-order valence-corrected chi connectivity index (χ0v) is 11.1. The maximum Gasteiger partial charge on any atom is 0.142 e. The lowest BCUT2D eigenvalue weighted by Gasteiger charge is -2.17. The first-order valence-corrected chi connectivity index (χ1v) is 6.63. The van der Waals surface area contributed by atoms with Crippen molar-refractivity contribution in [1.29, 1.82) is 0 Å². The van der Waals surface area contributed by atoms with Crippen LogP contribution in [0.15, 0.2) is 22.7 Å². The van der Waals surface area contributed by atoms with Gasteiger partial charge in [-0.15, -0.1) is 0 Å². The van der Waals surface area contributed by atoms with Crippen molar-refractivity contribution < 1.29 is 4.39 Å². The molecule has 1 fully saturated rings. The Labute approximate surface area is 105 Å². The average Bonchev–Trinajstić information content (AvgIpc) is 3.08. The molecule has 88 valence electrons. The van der Waals surface area contributed by atoms with E-state index in [-0.39, 0.29) is 11.9 Å². The topological polar surface area (TPSA) is 12.0 Å². The van der Waals surface area contributed by atoms with Crippen LogP contribution in [0, 0.1) is 11.7 Å². The van der Waals surface area contributed by atoms with E-state index in [0.717, 1.165) is 17.9 Å². The van der Waals surface area contributed by atoms with E-state index in [1.54, 1.807) is 6.07 Å². The van der Waals surface area contributed by atoms with Crippen LogP contribution in [0.5, 0.6) is 0 Å². The number of nitrogens with one attached hydrogen (secondary N) is 1. The second-order valence-corrected chi connectivity index (χ2v) is 5.36. The smallest absolute Gasteiger partial charge is 0.142 e. The number of hydrogen-bond donors (Lipinski definition) is 1. The molecule has 0 aromatic heterocycles. The molecule has 1 saturated carbocycles. The summed E-state index contributed by atoms with van der Waals surface area (Å²) < 4.78 is 14.4. The molecule has 1 aliphatic carbocycles. The van der Waals surface area contributed by atoms with Crippen LogP contribution in [0.4, 0.5) is 4.39 Å². The van der Waals surface area contributed by atoms with Crippen molar-refractivity contribution in [2.24, 2.45) is 5.92 Å². The standard InChI is InChI=1S/C13H17BrFN/c1-16-12(8-7-9-5-6-9)10-3-2-4-11(14)13(10)15/h2-4,9,12,16H,5-8H2,1H3. The molecule has 1 aromatic carbocycles. The molecule has 0 spiro atoms. The molecule has 1 nitrogen and oxygen atoms in total. The van der Waals surface area contributed by atoms with Crippen LogP contribution < -0.4 is 5.32 Å². The summed E-state index contributed by atoms with van der Waals surface area (Å²) in [6.45, 7) is 0. The number of hydrogen-bond acceptors (Lipinski definition) is 1. The Hall–Kier alpha value is -0.410. The normalized spacial score (nSPS) is 17.4. The second-order valence-electron chi connectivity index (χ2n) is 4.51. The molecule has 3 heteroatoms. The van der Waals surface area contributed by atoms with Crippen LogP contribution in [0.3, 0.4) is 0 Å². The van der Waals surface area contributed by atoms with E-state index in [4.69, 9.17) is 0 Å². The zero-order chi connectivity index (χ0) is 11.5. The van der Waals surface area contributed by atoms with Crippen molar-refractivity contribution in [2.75, 3.05) is 7.05 Å². The van der Waals surface area contributed by atoms with E-state index in [2.05, 4.69) is 21.2 Å². The minimum Gasteiger partial charge on any atom is -0.313 e. The molecule has 1 aliphatic rings. The van der Waals surface area contributed by atoms with Gasteiger partial charge in [0.05, 0.1) is 4.47 Å². The van der Waals surface area contributed by atoms with Crippen LogP contribution in [-0.2, 0) is 0 Å². The molecule has 2 rings (SSSR count). The van der Waals surface area contributed by atoms with Gasteiger partial charge in [0.25, 0.3) is 0 Å². The highest BCUT2D eigenvalue weighted by atomic mass is 79.9. The van der Waals surface area contributed by atoms with E-state index in [1.165, 1.54) is 19.3 Å². The Morgan fingerprint density at radius 3 is 2.88 bits per heavy atom. The van der Waals surface area contributed by atoms with E-state index in [0.29, 0.717) is 4.47 Å². The molecule has 0 radical (unpaired) electrons. The molecule has 0 bridgehead atoms. The average molecular weight is 286 g/mol. The molecule has 1 atom stereocenters. The fourth-order valence-electron chi connectivity index (χ4n) is 2.05. The summed E-state index contributed by atoms with van der Waals surface area (Å²) in [5, 5.41) is 3.21. The molecular weight excluding hydrogens is 269 g/mol. The van der Waals surface area contributed by atoms with Gasteiger partial charge in [0.15, 0.2) is 0 Å². The largest absolute Gasteiger partial charge is 0.313 e. The van der Waals surface area contributed by atoms with Crippen molar-refractivity contribution >= 4 is 15.9 Å². The van der Waals surface area contributed by atoms with Gasteiger partial charge in [-0.3, -0.25) is 0 Å². The van der Waals surface area contributed by atoms with Crippen LogP contribution in [0.1, 0.15) is 37.3 Å². The van der Waals surface area contributed by atoms with Gasteiger partial charge in [-0.2, -0.15) is 0 Å². The molecular formula is C13H17BrFN. The van der Waals surface area contributed by atoms with Crippen LogP contribution in [-0.4, -0.2) is 7.05 Å². The van der Waals surface area contributed by atoms with Gasteiger partial charge in [-0.05, 0) is 47.8 Å². The summed E-state index contributed by atoms with van der Waals surface area (Å²) in [4.78, 5) is 0. The highest BCUT2D eigenvalue weighted by Crippen LogP contribution is 2.36. The van der Waals surface area contributed by atoms with E-state index in [1.807, 2.05) is 19.2 Å². The third-order valence-corrected chi connectivity index (χ3v) is 3.88. The Kier molecular flexibility index (Phi) is 3.98. The SMILES string of the molecule is CNC(CCC1CC1)c1cccc(Br)c1F. The summed E-state index contributed by atoms with van der Waals surface area (Å²) in [6.07, 6.45) is 4.95. The van der Waals surface area contributed by atoms with Crippen molar-refractivity contribution in [2.45, 2.75) is 31.7 Å². The summed E-state index contributed by atoms with van der Waals surface area (Å²) in [5.41, 5.74) is 0.775. The highest BCUT2D eigenvalue weighted by Gasteiger charge is 2.23. The Balaban J connectivity index is 2.08. The lowest BCUT2D eigenvalue weighted by Crippen LogP contribution is -2.18. The molecule has 0 amide bonds. The van der Waals surface area contributed by atoms with Crippen LogP contribution in [0.2, 0.25) is 0 Å². The van der Waals surface area contributed by atoms with Gasteiger partial charge in [0, 0.05) is 11.6 Å². The number of halogens is 2. The van der Waals surface area contributed by atoms with E-state index < -0.39 is 0 Å². The fraction of sp³-hybridized carbons (Fsp3) is 0.538. The maximum absolute atomic E-state index is 13.9. The molecule has 1 aromatic rings. The first-order valence-electron chi connectivity index (χ1n) is 5.83. The molecule has 1 N–H and O–H groups in total. The van der Waals surface area contributed by atoms with Crippen molar-refractivity contribution in [3.8, 4) is 0 Å². The van der Waals surface area contributed by atoms with Crippen molar-refractivity contribution in [1.82, 2.24) is 5.32 Å². The van der Waals surface area contributed by atoms with Gasteiger partial charge >= 0.3 is 0 Å². The van der Waals surface area contributed by atoms with Crippen molar-refractivity contribution in [3.05, 3.63) is 34.1 Å². The summed E-state index contributed by atoms with van der Waals surface area (Å²) in [6, 6.07) is 5.64. The monoisotopic (exact) mass is 285 g/mol. The maximum atomic E-state index is 13.9. The molecule has 0 aliphatic heterocycles. The third-order valence-electron chi connectivity index (χ3n) is 3.27. The Morgan fingerprint density at radius 1 is 1.50 bits per heavy atom. The van der Waals surface area contributed by atoms with Gasteiger partial charge in [0.2, 0.25) is 0 Å². The minimum absolute atomic E-state index is 0.127. The first-order chi connectivity index (χ1) is 7.72. The highest BCUT2D eigenvalue weighted by molar-refractivity contribution is 9.10. The summed E-state index contributed by atoms with van der Waals surface area (Å²) >= 11 is 3.23. The predicted molar refractivity (Wildman–Crippen MR) is 67.9 cm³/mol. The summed E-state index contributed by atoms with van der Waals surface area (Å²) in [7, 11) is 1.90. The molecule has 1 unspecified atom stereocenters. The predicted octanol–water partition coefficient (Wildman–Crippen LogP) is 4.04. The van der Waals surface area contributed by atoms with Gasteiger partial charge in [0.1, 0.15) is 5.82 Å². The summed E-state index contributed by atoms with van der Waals surface area (Å²) in [5.74, 6) is 0.767. The lowest BCUT2D eigenvalue weighted by atomic mass is 10.0. The van der Waals surface area contributed by atoms with Gasteiger partial charge < -0.3 is 5.32 Å². The van der Waals surface area contributed by atoms with E-state index >= 15 is 0 Å². The lowest BCUT2D eigenvalue weighted by molar-refractivity contribution is 0.479. The first kappa shape index (κ1) is 12.1. The third kappa shape index (κ3) is 2.83. The molecule has 0 saturated heterocycles. The molecule has 0 heterocycles. The number of rotatable bonds is 5. The van der Waals surface area contributed by atoms with Crippen LogP contribution >= 0.6 is 15.9 Å². The van der Waals surface area contributed by atoms with Gasteiger partial charge in [-0.25, -0.2) is 4.39 Å². The zero-order valence-electron chi connectivity index (χ0n) is 9.47. The second kappa shape index (κ2) is 5.28. The van der Waals surface area contributed by atoms with Gasteiger partial charge in [-0.1, -0.05) is 25.0 Å². The van der Waals surface area contributed by atoms with E-state index in [9.17, 15) is 4.39 Å². The number of benzene rings is 1. The Morgan fingerprint density at radius 2 is 2.25 bits per heavy atom. The van der Waals surface area contributed by atoms with Crippen molar-refractivity contribution in [3.63, 3.8) is 0 Å².